The van der Waals surface area contributed by atoms with Gasteiger partial charge in [0.05, 0.1) is 5.69 Å². The smallest absolute Gasteiger partial charge is 0.268 e. The molecule has 0 fully saturated rings. The van der Waals surface area contributed by atoms with Crippen LogP contribution < -0.4 is 15.0 Å². The zero-order valence-electron chi connectivity index (χ0n) is 14.3. The number of nitrogens with zero attached hydrogens (tertiary/aromatic N) is 1. The molecule has 1 aromatic heterocycles. The molecule has 2 aromatic carbocycles. The van der Waals surface area contributed by atoms with Gasteiger partial charge in [0.15, 0.2) is 6.10 Å². The maximum Gasteiger partial charge on any atom is 0.268 e. The molecular weight excluding hydrogens is 348 g/mol. The number of nitrogens with one attached hydrogen (secondary N) is 1. The molecule has 3 aromatic rings. The first-order chi connectivity index (χ1) is 12.6. The molecule has 5 nitrogen and oxygen atoms in total. The highest BCUT2D eigenvalue weighted by atomic mass is 32.1. The number of amides is 2. The van der Waals surface area contributed by atoms with Crippen molar-refractivity contribution in [3.05, 3.63) is 59.5 Å². The average molecular weight is 366 g/mol. The molecule has 6 heteroatoms. The van der Waals surface area contributed by atoms with Crippen LogP contribution in [0, 0.1) is 0 Å². The van der Waals surface area contributed by atoms with Crippen molar-refractivity contribution in [2.45, 2.75) is 19.6 Å². The van der Waals surface area contributed by atoms with Crippen LogP contribution >= 0.6 is 11.3 Å². The van der Waals surface area contributed by atoms with Crippen LogP contribution in [0.2, 0.25) is 0 Å². The van der Waals surface area contributed by atoms with Gasteiger partial charge in [0, 0.05) is 11.2 Å². The zero-order chi connectivity index (χ0) is 18.1. The second kappa shape index (κ2) is 6.80. The van der Waals surface area contributed by atoms with E-state index in [2.05, 4.69) is 22.8 Å². The summed E-state index contributed by atoms with van der Waals surface area (Å²) in [4.78, 5) is 26.4. The van der Waals surface area contributed by atoms with E-state index in [0.717, 1.165) is 10.9 Å². The van der Waals surface area contributed by atoms with Crippen molar-refractivity contribution in [3.8, 4) is 5.75 Å². The monoisotopic (exact) mass is 366 g/mol. The number of thiophene rings is 1. The summed E-state index contributed by atoms with van der Waals surface area (Å²) in [5.41, 5.74) is 1.72. The molecule has 1 atom stereocenters. The van der Waals surface area contributed by atoms with E-state index in [9.17, 15) is 9.59 Å². The molecule has 0 bridgehead atoms. The van der Waals surface area contributed by atoms with Gasteiger partial charge in [-0.25, -0.2) is 0 Å². The van der Waals surface area contributed by atoms with Crippen molar-refractivity contribution in [1.82, 2.24) is 5.32 Å². The van der Waals surface area contributed by atoms with E-state index in [1.54, 1.807) is 30.4 Å². The number of carbonyl (C=O) groups excluding carboxylic acids is 2. The van der Waals surface area contributed by atoms with Gasteiger partial charge in [0.25, 0.3) is 5.91 Å². The Labute approximate surface area is 155 Å². The Balaban J connectivity index is 1.47. The third kappa shape index (κ3) is 3.04. The maximum absolute atomic E-state index is 12.5. The molecule has 0 saturated heterocycles. The van der Waals surface area contributed by atoms with E-state index in [4.69, 9.17) is 4.74 Å². The molecule has 0 spiro atoms. The highest BCUT2D eigenvalue weighted by Gasteiger charge is 2.32. The Kier molecular flexibility index (Phi) is 4.34. The summed E-state index contributed by atoms with van der Waals surface area (Å²) in [5.74, 6) is 0.216. The highest BCUT2D eigenvalue weighted by Crippen LogP contribution is 2.33. The summed E-state index contributed by atoms with van der Waals surface area (Å²) >= 11 is 1.66. The number of ether oxygens (including phenoxy) is 1. The molecule has 0 radical (unpaired) electrons. The van der Waals surface area contributed by atoms with Crippen molar-refractivity contribution in [3.63, 3.8) is 0 Å². The molecule has 1 aliphatic heterocycles. The molecule has 1 N–H and O–H groups in total. The summed E-state index contributed by atoms with van der Waals surface area (Å²) in [5, 5.41) is 6.13. The van der Waals surface area contributed by atoms with Crippen molar-refractivity contribution < 1.29 is 14.3 Å². The molecule has 1 aliphatic rings. The van der Waals surface area contributed by atoms with Crippen LogP contribution in [0.4, 0.5) is 5.69 Å². The second-order valence-corrected chi connectivity index (χ2v) is 7.10. The molecule has 26 heavy (non-hydrogen) atoms. The van der Waals surface area contributed by atoms with Gasteiger partial charge in [-0.3, -0.25) is 14.5 Å². The molecule has 4 rings (SSSR count). The number of rotatable bonds is 4. The van der Waals surface area contributed by atoms with Gasteiger partial charge in [-0.05, 0) is 41.5 Å². The Hall–Kier alpha value is -2.86. The van der Waals surface area contributed by atoms with Gasteiger partial charge >= 0.3 is 0 Å². The van der Waals surface area contributed by atoms with E-state index < -0.39 is 6.10 Å². The SMILES string of the molecule is C[C@H]1Oc2ccccc2N(CC(=O)NCc2csc3ccccc23)C1=O. The van der Waals surface area contributed by atoms with Gasteiger partial charge in [0.2, 0.25) is 5.91 Å². The minimum Gasteiger partial charge on any atom is -0.479 e. The number of benzene rings is 2. The predicted molar refractivity (Wildman–Crippen MR) is 103 cm³/mol. The molecule has 0 aliphatic carbocycles. The molecule has 0 unspecified atom stereocenters. The summed E-state index contributed by atoms with van der Waals surface area (Å²) in [7, 11) is 0. The standard InChI is InChI=1S/C20H18N2O3S/c1-13-20(24)22(16-7-3-4-8-17(16)25-13)11-19(23)21-10-14-12-26-18-9-5-2-6-15(14)18/h2-9,12-13H,10-11H2,1H3,(H,21,23)/t13-/m1/s1. The fourth-order valence-electron chi connectivity index (χ4n) is 3.08. The van der Waals surface area contributed by atoms with Gasteiger partial charge < -0.3 is 10.1 Å². The van der Waals surface area contributed by atoms with Crippen LogP contribution in [0.15, 0.2) is 53.9 Å². The van der Waals surface area contributed by atoms with Crippen molar-refractivity contribution in [2.24, 2.45) is 0 Å². The lowest BCUT2D eigenvalue weighted by molar-refractivity contribution is -0.128. The van der Waals surface area contributed by atoms with Crippen LogP contribution in [-0.2, 0) is 16.1 Å². The van der Waals surface area contributed by atoms with Crippen molar-refractivity contribution in [1.29, 1.82) is 0 Å². The zero-order valence-corrected chi connectivity index (χ0v) is 15.1. The Morgan fingerprint density at radius 1 is 1.19 bits per heavy atom. The fraction of sp³-hybridized carbons (Fsp3) is 0.200. The summed E-state index contributed by atoms with van der Waals surface area (Å²) in [6.45, 7) is 2.12. The fourth-order valence-corrected chi connectivity index (χ4v) is 4.05. The van der Waals surface area contributed by atoms with Gasteiger partial charge in [-0.15, -0.1) is 11.3 Å². The Bertz CT molecular complexity index is 982. The van der Waals surface area contributed by atoms with Gasteiger partial charge in [-0.2, -0.15) is 0 Å². The summed E-state index contributed by atoms with van der Waals surface area (Å²) in [6.07, 6.45) is -0.599. The van der Waals surface area contributed by atoms with Gasteiger partial charge in [-0.1, -0.05) is 30.3 Å². The largest absolute Gasteiger partial charge is 0.479 e. The van der Waals surface area contributed by atoms with Crippen LogP contribution in [0.5, 0.6) is 5.75 Å². The normalized spacial score (nSPS) is 16.3. The lowest BCUT2D eigenvalue weighted by Gasteiger charge is -2.32. The van der Waals surface area contributed by atoms with Crippen molar-refractivity contribution >= 4 is 38.9 Å². The second-order valence-electron chi connectivity index (χ2n) is 6.19. The van der Waals surface area contributed by atoms with E-state index in [1.165, 1.54) is 9.60 Å². The van der Waals surface area contributed by atoms with Crippen LogP contribution in [0.25, 0.3) is 10.1 Å². The lowest BCUT2D eigenvalue weighted by Crippen LogP contribution is -2.48. The number of para-hydroxylation sites is 2. The first-order valence-electron chi connectivity index (χ1n) is 8.42. The quantitative estimate of drug-likeness (QED) is 0.770. The summed E-state index contributed by atoms with van der Waals surface area (Å²) in [6, 6.07) is 15.4. The Morgan fingerprint density at radius 3 is 2.85 bits per heavy atom. The first kappa shape index (κ1) is 16.6. The number of hydrogen-bond acceptors (Lipinski definition) is 4. The topological polar surface area (TPSA) is 58.6 Å². The number of fused-ring (bicyclic) bond motifs is 2. The van der Waals surface area contributed by atoms with E-state index in [0.29, 0.717) is 18.0 Å². The van der Waals surface area contributed by atoms with Crippen molar-refractivity contribution in [2.75, 3.05) is 11.4 Å². The third-order valence-electron chi connectivity index (χ3n) is 4.41. The highest BCUT2D eigenvalue weighted by molar-refractivity contribution is 7.17. The number of hydrogen-bond donors (Lipinski definition) is 1. The Morgan fingerprint density at radius 2 is 1.96 bits per heavy atom. The van der Waals surface area contributed by atoms with E-state index in [1.807, 2.05) is 24.3 Å². The molecule has 132 valence electrons. The average Bonchev–Trinajstić information content (AvgIpc) is 3.07. The lowest BCUT2D eigenvalue weighted by atomic mass is 10.1. The van der Waals surface area contributed by atoms with Crippen LogP contribution in [0.3, 0.4) is 0 Å². The van der Waals surface area contributed by atoms with E-state index >= 15 is 0 Å². The summed E-state index contributed by atoms with van der Waals surface area (Å²) < 4.78 is 6.80. The number of anilines is 1. The first-order valence-corrected chi connectivity index (χ1v) is 9.30. The van der Waals surface area contributed by atoms with Gasteiger partial charge in [0.1, 0.15) is 12.3 Å². The minimum absolute atomic E-state index is 0.0222. The van der Waals surface area contributed by atoms with Crippen LogP contribution in [-0.4, -0.2) is 24.5 Å². The van der Waals surface area contributed by atoms with Crippen LogP contribution in [0.1, 0.15) is 12.5 Å². The molecule has 2 heterocycles. The number of carbonyl (C=O) groups is 2. The maximum atomic E-state index is 12.5. The molecule has 0 saturated carbocycles. The third-order valence-corrected chi connectivity index (χ3v) is 5.42. The molecule has 2 amide bonds. The minimum atomic E-state index is -0.599. The van der Waals surface area contributed by atoms with E-state index in [-0.39, 0.29) is 18.4 Å². The predicted octanol–water partition coefficient (Wildman–Crippen LogP) is 3.33. The molecular formula is C20H18N2O3S.